The van der Waals surface area contributed by atoms with E-state index in [4.69, 9.17) is 32.7 Å². The molecular formula is C20H19Cl2NO4S. The monoisotopic (exact) mass is 439 g/mol. The summed E-state index contributed by atoms with van der Waals surface area (Å²) < 4.78 is 10.5. The van der Waals surface area contributed by atoms with Gasteiger partial charge in [0.1, 0.15) is 5.75 Å². The molecule has 0 bridgehead atoms. The highest BCUT2D eigenvalue weighted by Gasteiger charge is 2.36. The summed E-state index contributed by atoms with van der Waals surface area (Å²) in [7, 11) is 1.58. The number of nitrogens with zero attached hydrogens (tertiary/aromatic N) is 1. The van der Waals surface area contributed by atoms with E-state index in [0.717, 1.165) is 16.1 Å². The zero-order chi connectivity index (χ0) is 20.3. The van der Waals surface area contributed by atoms with E-state index in [-0.39, 0.29) is 18.9 Å². The Morgan fingerprint density at radius 2 is 2.00 bits per heavy atom. The lowest BCUT2D eigenvalue weighted by Crippen LogP contribution is -2.41. The second-order valence-electron chi connectivity index (χ2n) is 6.10. The molecule has 148 valence electrons. The minimum atomic E-state index is -0.592. The highest BCUT2D eigenvalue weighted by molar-refractivity contribution is 8.01. The van der Waals surface area contributed by atoms with Crippen LogP contribution in [0.3, 0.4) is 0 Å². The van der Waals surface area contributed by atoms with Gasteiger partial charge in [-0.3, -0.25) is 9.59 Å². The Balaban J connectivity index is 1.97. The summed E-state index contributed by atoms with van der Waals surface area (Å²) in [6.45, 7) is 2.32. The van der Waals surface area contributed by atoms with E-state index in [1.807, 2.05) is 24.3 Å². The van der Waals surface area contributed by atoms with Crippen LogP contribution in [-0.4, -0.2) is 30.8 Å². The number of halogens is 2. The van der Waals surface area contributed by atoms with Crippen molar-refractivity contribution in [3.63, 3.8) is 0 Å². The fraction of sp³-hybridized carbons (Fsp3) is 0.300. The van der Waals surface area contributed by atoms with Crippen molar-refractivity contribution < 1.29 is 19.1 Å². The highest BCUT2D eigenvalue weighted by atomic mass is 35.5. The van der Waals surface area contributed by atoms with Crippen LogP contribution >= 0.6 is 35.0 Å². The maximum absolute atomic E-state index is 13.2. The van der Waals surface area contributed by atoms with Crippen LogP contribution in [0, 0.1) is 0 Å². The number of anilines is 1. The number of carbonyl (C=O) groups is 2. The molecule has 28 heavy (non-hydrogen) atoms. The van der Waals surface area contributed by atoms with Gasteiger partial charge in [0, 0.05) is 0 Å². The van der Waals surface area contributed by atoms with Crippen LogP contribution in [0.5, 0.6) is 5.75 Å². The molecule has 1 aliphatic rings. The number of rotatable bonds is 6. The number of esters is 1. The van der Waals surface area contributed by atoms with E-state index in [2.05, 4.69) is 0 Å². The van der Waals surface area contributed by atoms with Gasteiger partial charge in [-0.15, -0.1) is 11.8 Å². The van der Waals surface area contributed by atoms with E-state index in [9.17, 15) is 9.59 Å². The standard InChI is InChI=1S/C20H19Cl2NO4S/c1-3-27-18(24)10-17-20(25)23(11-12-7-8-13(21)14(22)9-12)15-5-4-6-16(26-2)19(15)28-17/h4-9,17H,3,10-11H2,1-2H3. The van der Waals surface area contributed by atoms with E-state index < -0.39 is 11.2 Å². The topological polar surface area (TPSA) is 55.8 Å². The van der Waals surface area contributed by atoms with Gasteiger partial charge in [-0.2, -0.15) is 0 Å². The number of benzene rings is 2. The quantitative estimate of drug-likeness (QED) is 0.595. The third-order valence-electron chi connectivity index (χ3n) is 4.25. The molecule has 5 nitrogen and oxygen atoms in total. The Morgan fingerprint density at radius 3 is 2.68 bits per heavy atom. The van der Waals surface area contributed by atoms with Crippen molar-refractivity contribution in [2.45, 2.75) is 30.0 Å². The molecule has 1 amide bonds. The van der Waals surface area contributed by atoms with Crippen molar-refractivity contribution in [1.82, 2.24) is 0 Å². The number of hydrogen-bond acceptors (Lipinski definition) is 5. The molecule has 1 heterocycles. The molecule has 0 N–H and O–H groups in total. The Morgan fingerprint density at radius 1 is 1.21 bits per heavy atom. The molecular weight excluding hydrogens is 421 g/mol. The van der Waals surface area contributed by atoms with Crippen LogP contribution in [-0.2, 0) is 20.9 Å². The van der Waals surface area contributed by atoms with Gasteiger partial charge in [0.25, 0.3) is 0 Å². The third-order valence-corrected chi connectivity index (χ3v) is 6.29. The third kappa shape index (κ3) is 4.40. The predicted molar refractivity (Wildman–Crippen MR) is 112 cm³/mol. The fourth-order valence-corrected chi connectivity index (χ4v) is 4.58. The summed E-state index contributed by atoms with van der Waals surface area (Å²) in [5.74, 6) is 0.0917. The Kier molecular flexibility index (Phi) is 6.75. The molecule has 8 heteroatoms. The Labute approximate surface area is 177 Å². The van der Waals surface area contributed by atoms with E-state index in [1.54, 1.807) is 31.1 Å². The number of hydrogen-bond donors (Lipinski definition) is 0. The lowest BCUT2D eigenvalue weighted by molar-refractivity contribution is -0.144. The summed E-state index contributed by atoms with van der Waals surface area (Å²) >= 11 is 13.5. The van der Waals surface area contributed by atoms with Crippen molar-refractivity contribution in [1.29, 1.82) is 0 Å². The molecule has 0 aromatic heterocycles. The van der Waals surface area contributed by atoms with Gasteiger partial charge >= 0.3 is 5.97 Å². The Bertz CT molecular complexity index is 906. The Hall–Kier alpha value is -1.89. The van der Waals surface area contributed by atoms with Gasteiger partial charge in [0.2, 0.25) is 5.91 Å². The summed E-state index contributed by atoms with van der Waals surface area (Å²) in [5, 5.41) is 0.283. The second kappa shape index (κ2) is 9.07. The van der Waals surface area contributed by atoms with Crippen LogP contribution in [0.15, 0.2) is 41.3 Å². The maximum Gasteiger partial charge on any atom is 0.307 e. The van der Waals surface area contributed by atoms with E-state index in [0.29, 0.717) is 22.3 Å². The normalized spacial score (nSPS) is 15.9. The first kappa shape index (κ1) is 20.8. The summed E-state index contributed by atoms with van der Waals surface area (Å²) in [5.41, 5.74) is 1.57. The van der Waals surface area contributed by atoms with Gasteiger partial charge in [-0.25, -0.2) is 0 Å². The molecule has 2 aromatic rings. The zero-order valence-corrected chi connectivity index (χ0v) is 17.7. The number of thioether (sulfide) groups is 1. The fourth-order valence-electron chi connectivity index (χ4n) is 2.97. The molecule has 0 saturated carbocycles. The molecule has 1 unspecified atom stereocenters. The summed E-state index contributed by atoms with van der Waals surface area (Å²) in [6, 6.07) is 10.8. The maximum atomic E-state index is 13.2. The van der Waals surface area contributed by atoms with Crippen molar-refractivity contribution in [3.05, 3.63) is 52.0 Å². The molecule has 1 aliphatic heterocycles. The largest absolute Gasteiger partial charge is 0.496 e. The van der Waals surface area contributed by atoms with Crippen molar-refractivity contribution >= 4 is 52.5 Å². The average Bonchev–Trinajstić information content (AvgIpc) is 2.67. The first-order valence-electron chi connectivity index (χ1n) is 8.69. The second-order valence-corrected chi connectivity index (χ2v) is 8.12. The van der Waals surface area contributed by atoms with Crippen LogP contribution < -0.4 is 9.64 Å². The first-order chi connectivity index (χ1) is 13.4. The summed E-state index contributed by atoms with van der Waals surface area (Å²) in [6.07, 6.45) is -0.00724. The summed E-state index contributed by atoms with van der Waals surface area (Å²) in [4.78, 5) is 27.7. The number of carbonyl (C=O) groups excluding carboxylic acids is 2. The van der Waals surface area contributed by atoms with Gasteiger partial charge < -0.3 is 14.4 Å². The van der Waals surface area contributed by atoms with E-state index >= 15 is 0 Å². The molecule has 0 aliphatic carbocycles. The number of amides is 1. The number of ether oxygens (including phenoxy) is 2. The number of methoxy groups -OCH3 is 1. The highest BCUT2D eigenvalue weighted by Crippen LogP contribution is 2.46. The molecule has 2 aromatic carbocycles. The average molecular weight is 440 g/mol. The molecule has 3 rings (SSSR count). The SMILES string of the molecule is CCOC(=O)CC1Sc2c(OC)cccc2N(Cc2ccc(Cl)c(Cl)c2)C1=O. The zero-order valence-electron chi connectivity index (χ0n) is 15.4. The molecule has 0 saturated heterocycles. The van der Waals surface area contributed by atoms with Crippen LogP contribution in [0.25, 0.3) is 0 Å². The number of fused-ring (bicyclic) bond motifs is 1. The van der Waals surface area contributed by atoms with Gasteiger partial charge in [-0.05, 0) is 36.8 Å². The van der Waals surface area contributed by atoms with Gasteiger partial charge in [0.15, 0.2) is 0 Å². The molecule has 0 spiro atoms. The van der Waals surface area contributed by atoms with Crippen molar-refractivity contribution in [3.8, 4) is 5.75 Å². The van der Waals surface area contributed by atoms with Crippen LogP contribution in [0.1, 0.15) is 18.9 Å². The molecule has 0 radical (unpaired) electrons. The van der Waals surface area contributed by atoms with Crippen LogP contribution in [0.2, 0.25) is 10.0 Å². The molecule has 0 fully saturated rings. The van der Waals surface area contributed by atoms with Crippen molar-refractivity contribution in [2.75, 3.05) is 18.6 Å². The molecule has 1 atom stereocenters. The minimum absolute atomic E-state index is 0.00724. The van der Waals surface area contributed by atoms with Crippen LogP contribution in [0.4, 0.5) is 5.69 Å². The van der Waals surface area contributed by atoms with E-state index in [1.165, 1.54) is 11.8 Å². The lowest BCUT2D eigenvalue weighted by atomic mass is 10.1. The first-order valence-corrected chi connectivity index (χ1v) is 10.3. The van der Waals surface area contributed by atoms with Gasteiger partial charge in [-0.1, -0.05) is 35.3 Å². The minimum Gasteiger partial charge on any atom is -0.496 e. The smallest absolute Gasteiger partial charge is 0.307 e. The predicted octanol–water partition coefficient (Wildman–Crippen LogP) is 4.96. The van der Waals surface area contributed by atoms with Crippen molar-refractivity contribution in [2.24, 2.45) is 0 Å². The van der Waals surface area contributed by atoms with Gasteiger partial charge in [0.05, 0.1) is 52.6 Å². The lowest BCUT2D eigenvalue weighted by Gasteiger charge is -2.34.